The van der Waals surface area contributed by atoms with Crippen molar-refractivity contribution in [2.24, 2.45) is 0 Å². The average Bonchev–Trinajstić information content (AvgIpc) is 2.64. The van der Waals surface area contributed by atoms with E-state index in [1.807, 2.05) is 0 Å². The normalized spacial score (nSPS) is 10.7. The van der Waals surface area contributed by atoms with Crippen molar-refractivity contribution >= 4 is 28.5 Å². The fourth-order valence-corrected chi connectivity index (χ4v) is 1.65. The number of furan rings is 1. The molecule has 90 valence electrons. The van der Waals surface area contributed by atoms with Crippen LogP contribution >= 0.6 is 11.6 Å². The molecule has 1 aromatic carbocycles. The first-order valence-electron chi connectivity index (χ1n) is 4.82. The summed E-state index contributed by atoms with van der Waals surface area (Å²) in [5.74, 6) is -1.44. The minimum atomic E-state index is -1.23. The molecule has 1 heterocycles. The summed E-state index contributed by atoms with van der Waals surface area (Å²) < 4.78 is 10.3. The van der Waals surface area contributed by atoms with Crippen LogP contribution in [0.1, 0.15) is 10.6 Å². The Balaban J connectivity index is 2.60. The molecule has 1 aromatic heterocycles. The van der Waals surface area contributed by atoms with E-state index < -0.39 is 5.97 Å². The Labute approximate surface area is 101 Å². The SMILES string of the molecule is O=C(O)c1oc2ccc(Cl)cc2c1OCCO. The van der Waals surface area contributed by atoms with Crippen LogP contribution in [0, 0.1) is 0 Å². The molecule has 0 saturated carbocycles. The Morgan fingerprint density at radius 3 is 2.88 bits per heavy atom. The summed E-state index contributed by atoms with van der Waals surface area (Å²) in [4.78, 5) is 11.0. The number of carbonyl (C=O) groups is 1. The predicted octanol–water partition coefficient (Wildman–Crippen LogP) is 2.16. The molecule has 2 rings (SSSR count). The molecule has 5 nitrogen and oxygen atoms in total. The number of carboxylic acid groups (broad SMARTS) is 1. The van der Waals surface area contributed by atoms with Gasteiger partial charge in [-0.2, -0.15) is 0 Å². The number of aromatic carboxylic acids is 1. The number of hydrogen-bond donors (Lipinski definition) is 2. The summed E-state index contributed by atoms with van der Waals surface area (Å²) in [5, 5.41) is 18.6. The molecule has 0 aliphatic rings. The van der Waals surface area contributed by atoms with Crippen molar-refractivity contribution in [1.82, 2.24) is 0 Å². The molecule has 0 amide bonds. The number of hydrogen-bond acceptors (Lipinski definition) is 4. The number of benzene rings is 1. The number of fused-ring (bicyclic) bond motifs is 1. The Morgan fingerprint density at radius 2 is 2.24 bits per heavy atom. The van der Waals surface area contributed by atoms with Crippen LogP contribution in [0.4, 0.5) is 0 Å². The highest BCUT2D eigenvalue weighted by molar-refractivity contribution is 6.31. The van der Waals surface area contributed by atoms with Gasteiger partial charge in [0.2, 0.25) is 0 Å². The van der Waals surface area contributed by atoms with Crippen LogP contribution in [0.15, 0.2) is 22.6 Å². The summed E-state index contributed by atoms with van der Waals surface area (Å²) in [7, 11) is 0. The van der Waals surface area contributed by atoms with Crippen LogP contribution in [-0.4, -0.2) is 29.4 Å². The van der Waals surface area contributed by atoms with Crippen LogP contribution in [0.2, 0.25) is 5.02 Å². The zero-order valence-corrected chi connectivity index (χ0v) is 9.40. The maximum Gasteiger partial charge on any atom is 0.375 e. The van der Waals surface area contributed by atoms with Crippen molar-refractivity contribution in [3.63, 3.8) is 0 Å². The third kappa shape index (κ3) is 2.20. The lowest BCUT2D eigenvalue weighted by atomic mass is 10.2. The van der Waals surface area contributed by atoms with Gasteiger partial charge >= 0.3 is 5.97 Å². The van der Waals surface area contributed by atoms with Gasteiger partial charge in [0.05, 0.1) is 12.0 Å². The van der Waals surface area contributed by atoms with E-state index in [0.717, 1.165) is 0 Å². The number of aliphatic hydroxyl groups excluding tert-OH is 1. The Morgan fingerprint density at radius 1 is 1.47 bits per heavy atom. The molecule has 0 bridgehead atoms. The van der Waals surface area contributed by atoms with Crippen LogP contribution in [-0.2, 0) is 0 Å². The molecule has 0 aliphatic carbocycles. The second-order valence-corrected chi connectivity index (χ2v) is 3.71. The van der Waals surface area contributed by atoms with E-state index in [1.54, 1.807) is 18.2 Å². The molecule has 2 aromatic rings. The highest BCUT2D eigenvalue weighted by atomic mass is 35.5. The molecule has 2 N–H and O–H groups in total. The van der Waals surface area contributed by atoms with E-state index in [9.17, 15) is 4.79 Å². The summed E-state index contributed by atoms with van der Waals surface area (Å²) in [6.07, 6.45) is 0. The largest absolute Gasteiger partial charge is 0.486 e. The van der Waals surface area contributed by atoms with Gasteiger partial charge in [0, 0.05) is 5.02 Å². The quantitative estimate of drug-likeness (QED) is 0.876. The smallest absolute Gasteiger partial charge is 0.375 e. The van der Waals surface area contributed by atoms with Gasteiger partial charge in [-0.15, -0.1) is 0 Å². The molecular weight excluding hydrogens is 248 g/mol. The van der Waals surface area contributed by atoms with Crippen LogP contribution in [0.5, 0.6) is 5.75 Å². The van der Waals surface area contributed by atoms with E-state index >= 15 is 0 Å². The van der Waals surface area contributed by atoms with Gasteiger partial charge < -0.3 is 19.4 Å². The van der Waals surface area contributed by atoms with Gasteiger partial charge in [-0.3, -0.25) is 0 Å². The summed E-state index contributed by atoms with van der Waals surface area (Å²) in [6.45, 7) is -0.228. The zero-order chi connectivity index (χ0) is 12.4. The molecule has 0 unspecified atom stereocenters. The van der Waals surface area contributed by atoms with E-state index in [4.69, 9.17) is 31.0 Å². The number of rotatable bonds is 4. The molecule has 0 fully saturated rings. The molecule has 0 radical (unpaired) electrons. The molecule has 0 saturated heterocycles. The Kier molecular flexibility index (Phi) is 3.21. The van der Waals surface area contributed by atoms with Crippen molar-refractivity contribution < 1.29 is 24.2 Å². The topological polar surface area (TPSA) is 79.9 Å². The summed E-state index contributed by atoms with van der Waals surface area (Å²) in [6, 6.07) is 4.71. The Bertz CT molecular complexity index is 560. The first-order valence-corrected chi connectivity index (χ1v) is 5.20. The second-order valence-electron chi connectivity index (χ2n) is 3.28. The number of ether oxygens (including phenoxy) is 1. The van der Waals surface area contributed by atoms with Gasteiger partial charge in [0.1, 0.15) is 12.2 Å². The summed E-state index contributed by atoms with van der Waals surface area (Å²) in [5.41, 5.74) is 0.375. The van der Waals surface area contributed by atoms with Gasteiger partial charge in [0.25, 0.3) is 5.76 Å². The van der Waals surface area contributed by atoms with Crippen LogP contribution in [0.25, 0.3) is 11.0 Å². The lowest BCUT2D eigenvalue weighted by Crippen LogP contribution is -2.05. The molecule has 0 aliphatic heterocycles. The predicted molar refractivity (Wildman–Crippen MR) is 60.8 cm³/mol. The third-order valence-electron chi connectivity index (χ3n) is 2.14. The average molecular weight is 257 g/mol. The molecule has 0 spiro atoms. The highest BCUT2D eigenvalue weighted by Gasteiger charge is 2.21. The first-order chi connectivity index (χ1) is 8.13. The number of halogens is 1. The Hall–Kier alpha value is -1.72. The van der Waals surface area contributed by atoms with Crippen molar-refractivity contribution in [2.75, 3.05) is 13.2 Å². The van der Waals surface area contributed by atoms with Crippen molar-refractivity contribution in [1.29, 1.82) is 0 Å². The van der Waals surface area contributed by atoms with Gasteiger partial charge in [-0.25, -0.2) is 4.79 Å². The minimum Gasteiger partial charge on any atom is -0.486 e. The van der Waals surface area contributed by atoms with Crippen LogP contribution < -0.4 is 4.74 Å². The molecule has 17 heavy (non-hydrogen) atoms. The van der Waals surface area contributed by atoms with Crippen molar-refractivity contribution in [3.05, 3.63) is 29.0 Å². The fourth-order valence-electron chi connectivity index (χ4n) is 1.48. The van der Waals surface area contributed by atoms with Gasteiger partial charge in [0.15, 0.2) is 5.75 Å². The second kappa shape index (κ2) is 4.65. The standard InChI is InChI=1S/C11H9ClO5/c12-6-1-2-8-7(5-6)9(16-4-3-13)10(17-8)11(14)15/h1-2,5,13H,3-4H2,(H,14,15). The lowest BCUT2D eigenvalue weighted by molar-refractivity contribution is 0.0657. The zero-order valence-electron chi connectivity index (χ0n) is 8.64. The first kappa shape index (κ1) is 11.8. The van der Waals surface area contributed by atoms with E-state index in [0.29, 0.717) is 16.0 Å². The number of carboxylic acids is 1. The van der Waals surface area contributed by atoms with Crippen LogP contribution in [0.3, 0.4) is 0 Å². The van der Waals surface area contributed by atoms with Crippen molar-refractivity contribution in [2.45, 2.75) is 0 Å². The maximum absolute atomic E-state index is 11.0. The minimum absolute atomic E-state index is 0.0125. The lowest BCUT2D eigenvalue weighted by Gasteiger charge is -2.02. The summed E-state index contributed by atoms with van der Waals surface area (Å²) >= 11 is 5.82. The maximum atomic E-state index is 11.0. The van der Waals surface area contributed by atoms with Gasteiger partial charge in [-0.05, 0) is 18.2 Å². The molecule has 0 atom stereocenters. The number of aliphatic hydroxyl groups is 1. The van der Waals surface area contributed by atoms with E-state index in [2.05, 4.69) is 0 Å². The van der Waals surface area contributed by atoms with Crippen molar-refractivity contribution in [3.8, 4) is 5.75 Å². The molecular formula is C11H9ClO5. The van der Waals surface area contributed by atoms with Gasteiger partial charge in [-0.1, -0.05) is 11.6 Å². The highest BCUT2D eigenvalue weighted by Crippen LogP contribution is 2.34. The fraction of sp³-hybridized carbons (Fsp3) is 0.182. The monoisotopic (exact) mass is 256 g/mol. The van der Waals surface area contributed by atoms with E-state index in [-0.39, 0.29) is 24.7 Å². The third-order valence-corrected chi connectivity index (χ3v) is 2.37. The molecule has 6 heteroatoms. The van der Waals surface area contributed by atoms with E-state index in [1.165, 1.54) is 0 Å².